The van der Waals surface area contributed by atoms with Gasteiger partial charge in [0.1, 0.15) is 0 Å². The van der Waals surface area contributed by atoms with Gasteiger partial charge in [-0.25, -0.2) is 15.0 Å². The fourth-order valence-corrected chi connectivity index (χ4v) is 2.67. The van der Waals surface area contributed by atoms with E-state index in [0.29, 0.717) is 9.63 Å². The van der Waals surface area contributed by atoms with Crippen LogP contribution in [-0.2, 0) is 0 Å². The lowest BCUT2D eigenvalue weighted by atomic mass is 10.4. The van der Waals surface area contributed by atoms with Crippen molar-refractivity contribution in [3.8, 4) is 0 Å². The summed E-state index contributed by atoms with van der Waals surface area (Å²) in [6, 6.07) is 3.26. The predicted octanol–water partition coefficient (Wildman–Crippen LogP) is 3.31. The first kappa shape index (κ1) is 13.9. The quantitative estimate of drug-likeness (QED) is 0.484. The van der Waals surface area contributed by atoms with Crippen molar-refractivity contribution in [3.63, 3.8) is 0 Å². The van der Waals surface area contributed by atoms with Crippen LogP contribution in [0.4, 0.5) is 5.69 Å². The number of nitro groups is 1. The number of hydrogen-bond acceptors (Lipinski definition) is 6. The van der Waals surface area contributed by atoms with E-state index in [-0.39, 0.29) is 10.7 Å². The summed E-state index contributed by atoms with van der Waals surface area (Å²) in [7, 11) is 0. The van der Waals surface area contributed by atoms with Crippen LogP contribution < -0.4 is 0 Å². The lowest BCUT2D eigenvalue weighted by molar-refractivity contribution is -0.388. The zero-order chi connectivity index (χ0) is 14.0. The van der Waals surface area contributed by atoms with Crippen molar-refractivity contribution in [1.82, 2.24) is 15.0 Å². The second-order valence-electron chi connectivity index (χ2n) is 3.77. The SMILES string of the molecule is Cc1cc(C)nc(Sc2ncc(Br)cc2[N+](=O)[O-])n1. The standard InChI is InChI=1S/C11H9BrN4O2S/c1-6-3-7(2)15-11(14-6)19-10-9(16(17)18)4-8(12)5-13-10/h3-5H,1-2H3. The molecule has 8 heteroatoms. The van der Waals surface area contributed by atoms with E-state index in [1.54, 1.807) is 0 Å². The highest BCUT2D eigenvalue weighted by molar-refractivity contribution is 9.10. The molecular formula is C11H9BrN4O2S. The fourth-order valence-electron chi connectivity index (χ4n) is 1.45. The van der Waals surface area contributed by atoms with Crippen LogP contribution >= 0.6 is 27.7 Å². The van der Waals surface area contributed by atoms with Gasteiger partial charge in [-0.1, -0.05) is 0 Å². The van der Waals surface area contributed by atoms with Gasteiger partial charge in [0.15, 0.2) is 10.2 Å². The molecule has 0 aliphatic carbocycles. The van der Waals surface area contributed by atoms with Crippen LogP contribution in [0.15, 0.2) is 33.0 Å². The lowest BCUT2D eigenvalue weighted by Crippen LogP contribution is -1.96. The molecule has 0 spiro atoms. The summed E-state index contributed by atoms with van der Waals surface area (Å²) >= 11 is 4.25. The molecule has 2 rings (SSSR count). The third-order valence-corrected chi connectivity index (χ3v) is 3.45. The second kappa shape index (κ2) is 5.62. The molecule has 0 aliphatic rings. The molecule has 98 valence electrons. The Morgan fingerprint density at radius 1 is 1.26 bits per heavy atom. The summed E-state index contributed by atoms with van der Waals surface area (Å²) in [6.07, 6.45) is 1.51. The summed E-state index contributed by atoms with van der Waals surface area (Å²) in [5.41, 5.74) is 1.56. The molecule has 19 heavy (non-hydrogen) atoms. The van der Waals surface area contributed by atoms with Gasteiger partial charge in [-0.2, -0.15) is 0 Å². The summed E-state index contributed by atoms with van der Waals surface area (Å²) in [6.45, 7) is 3.70. The Balaban J connectivity index is 2.40. The van der Waals surface area contributed by atoms with Crippen LogP contribution in [0.2, 0.25) is 0 Å². The van der Waals surface area contributed by atoms with Gasteiger partial charge >= 0.3 is 5.69 Å². The average Bonchev–Trinajstić information content (AvgIpc) is 2.30. The highest BCUT2D eigenvalue weighted by Crippen LogP contribution is 2.32. The van der Waals surface area contributed by atoms with Gasteiger partial charge in [-0.3, -0.25) is 10.1 Å². The first-order valence-corrected chi connectivity index (χ1v) is 6.87. The van der Waals surface area contributed by atoms with Crippen molar-refractivity contribution in [2.75, 3.05) is 0 Å². The van der Waals surface area contributed by atoms with Crippen molar-refractivity contribution in [1.29, 1.82) is 0 Å². The summed E-state index contributed by atoms with van der Waals surface area (Å²) in [4.78, 5) is 23.0. The molecule has 0 bridgehead atoms. The molecule has 0 radical (unpaired) electrons. The maximum absolute atomic E-state index is 11.0. The van der Waals surface area contributed by atoms with Gasteiger partial charge in [0.05, 0.1) is 4.92 Å². The Labute approximate surface area is 122 Å². The Morgan fingerprint density at radius 3 is 2.47 bits per heavy atom. The highest BCUT2D eigenvalue weighted by Gasteiger charge is 2.18. The van der Waals surface area contributed by atoms with Gasteiger partial charge < -0.3 is 0 Å². The number of pyridine rings is 1. The van der Waals surface area contributed by atoms with E-state index in [1.807, 2.05) is 19.9 Å². The number of aromatic nitrogens is 3. The van der Waals surface area contributed by atoms with Crippen molar-refractivity contribution in [3.05, 3.63) is 44.3 Å². The molecule has 0 amide bonds. The molecule has 0 aromatic carbocycles. The Kier molecular flexibility index (Phi) is 4.11. The normalized spacial score (nSPS) is 10.5. The molecule has 0 atom stereocenters. The topological polar surface area (TPSA) is 81.8 Å². The van der Waals surface area contributed by atoms with Gasteiger partial charge in [0.2, 0.25) is 0 Å². The lowest BCUT2D eigenvalue weighted by Gasteiger charge is -2.03. The van der Waals surface area contributed by atoms with Crippen molar-refractivity contribution in [2.45, 2.75) is 24.0 Å². The number of hydrogen-bond donors (Lipinski definition) is 0. The van der Waals surface area contributed by atoms with Crippen molar-refractivity contribution in [2.24, 2.45) is 0 Å². The van der Waals surface area contributed by atoms with Gasteiger partial charge in [-0.15, -0.1) is 0 Å². The van der Waals surface area contributed by atoms with E-state index in [9.17, 15) is 10.1 Å². The van der Waals surface area contributed by atoms with E-state index in [1.165, 1.54) is 12.3 Å². The zero-order valence-electron chi connectivity index (χ0n) is 10.1. The molecule has 6 nitrogen and oxygen atoms in total. The molecule has 0 unspecified atom stereocenters. The molecule has 0 saturated heterocycles. The van der Waals surface area contributed by atoms with Gasteiger partial charge in [-0.05, 0) is 47.6 Å². The molecule has 2 aromatic heterocycles. The molecule has 0 fully saturated rings. The van der Waals surface area contributed by atoms with E-state index in [4.69, 9.17) is 0 Å². The van der Waals surface area contributed by atoms with E-state index < -0.39 is 4.92 Å². The minimum absolute atomic E-state index is 0.0675. The van der Waals surface area contributed by atoms with E-state index in [2.05, 4.69) is 30.9 Å². The summed E-state index contributed by atoms with van der Waals surface area (Å²) in [5.74, 6) is 0. The molecule has 2 heterocycles. The second-order valence-corrected chi connectivity index (χ2v) is 5.64. The van der Waals surface area contributed by atoms with Crippen LogP contribution in [0.25, 0.3) is 0 Å². The molecular weight excluding hydrogens is 332 g/mol. The molecule has 0 N–H and O–H groups in total. The molecule has 0 saturated carbocycles. The smallest absolute Gasteiger partial charge is 0.258 e. The van der Waals surface area contributed by atoms with E-state index in [0.717, 1.165) is 23.1 Å². The molecule has 2 aromatic rings. The minimum atomic E-state index is -0.469. The Bertz CT molecular complexity index is 630. The van der Waals surface area contributed by atoms with Crippen LogP contribution in [0.3, 0.4) is 0 Å². The summed E-state index contributed by atoms with van der Waals surface area (Å²) in [5, 5.41) is 11.7. The van der Waals surface area contributed by atoms with E-state index >= 15 is 0 Å². The van der Waals surface area contributed by atoms with Crippen LogP contribution in [0.5, 0.6) is 0 Å². The van der Waals surface area contributed by atoms with Crippen molar-refractivity contribution < 1.29 is 4.92 Å². The number of nitrogens with zero attached hydrogens (tertiary/aromatic N) is 4. The maximum atomic E-state index is 11.0. The third kappa shape index (κ3) is 3.48. The Morgan fingerprint density at radius 2 is 1.89 bits per heavy atom. The van der Waals surface area contributed by atoms with Gasteiger partial charge in [0, 0.05) is 28.1 Å². The average molecular weight is 341 g/mol. The predicted molar refractivity (Wildman–Crippen MR) is 74.2 cm³/mol. The Hall–Kier alpha value is -1.54. The summed E-state index contributed by atoms with van der Waals surface area (Å²) < 4.78 is 0.560. The number of aryl methyl sites for hydroxylation is 2. The highest BCUT2D eigenvalue weighted by atomic mass is 79.9. The van der Waals surface area contributed by atoms with Crippen LogP contribution in [0, 0.1) is 24.0 Å². The first-order valence-electron chi connectivity index (χ1n) is 5.26. The monoisotopic (exact) mass is 340 g/mol. The number of rotatable bonds is 3. The number of halogens is 1. The van der Waals surface area contributed by atoms with Crippen LogP contribution in [-0.4, -0.2) is 19.9 Å². The van der Waals surface area contributed by atoms with Crippen molar-refractivity contribution >= 4 is 33.4 Å². The minimum Gasteiger partial charge on any atom is -0.258 e. The van der Waals surface area contributed by atoms with Crippen LogP contribution in [0.1, 0.15) is 11.4 Å². The molecule has 0 aliphatic heterocycles. The largest absolute Gasteiger partial charge is 0.302 e. The first-order chi connectivity index (χ1) is 8.95. The van der Waals surface area contributed by atoms with Gasteiger partial charge in [0.25, 0.3) is 0 Å². The fraction of sp³-hybridized carbons (Fsp3) is 0.182. The maximum Gasteiger partial charge on any atom is 0.302 e. The zero-order valence-corrected chi connectivity index (χ0v) is 12.5. The third-order valence-electron chi connectivity index (χ3n) is 2.15.